The van der Waals surface area contributed by atoms with E-state index in [9.17, 15) is 4.79 Å². The Morgan fingerprint density at radius 3 is 2.67 bits per heavy atom. The molecule has 0 aliphatic rings. The van der Waals surface area contributed by atoms with Gasteiger partial charge in [-0.1, -0.05) is 26.2 Å². The molecule has 0 fully saturated rings. The normalized spacial score (nSPS) is 12.5. The van der Waals surface area contributed by atoms with Gasteiger partial charge in [-0.15, -0.1) is 11.6 Å². The molecule has 0 saturated heterocycles. The molecule has 90 valence electrons. The maximum Gasteiger partial charge on any atom is 0.220 e. The van der Waals surface area contributed by atoms with E-state index < -0.39 is 0 Å². The first-order valence-electron chi connectivity index (χ1n) is 5.58. The molecule has 0 aromatic heterocycles. The monoisotopic (exact) mass is 235 g/mol. The van der Waals surface area contributed by atoms with Crippen LogP contribution in [-0.4, -0.2) is 31.5 Å². The number of methoxy groups -OCH3 is 1. The maximum atomic E-state index is 11.4. The van der Waals surface area contributed by atoms with Crippen LogP contribution in [0.15, 0.2) is 0 Å². The zero-order valence-electron chi connectivity index (χ0n) is 9.72. The van der Waals surface area contributed by atoms with Crippen LogP contribution in [0, 0.1) is 0 Å². The third kappa shape index (κ3) is 8.70. The van der Waals surface area contributed by atoms with E-state index in [2.05, 4.69) is 12.2 Å². The van der Waals surface area contributed by atoms with Gasteiger partial charge in [0.1, 0.15) is 0 Å². The number of hydrogen-bond acceptors (Lipinski definition) is 2. The molecule has 0 aromatic rings. The largest absolute Gasteiger partial charge is 0.383 e. The molecule has 15 heavy (non-hydrogen) atoms. The fraction of sp³-hybridized carbons (Fsp3) is 0.909. The standard InChI is InChI=1S/C11H22ClNO2/c1-3-4-5-6-7-11(14)13-10(8-12)9-15-2/h10H,3-9H2,1-2H3,(H,13,14). The number of ether oxygens (including phenoxy) is 1. The second-order valence-electron chi connectivity index (χ2n) is 3.68. The van der Waals surface area contributed by atoms with Gasteiger partial charge in [-0.3, -0.25) is 4.79 Å². The van der Waals surface area contributed by atoms with Gasteiger partial charge in [-0.2, -0.15) is 0 Å². The van der Waals surface area contributed by atoms with Crippen LogP contribution in [0.25, 0.3) is 0 Å². The summed E-state index contributed by atoms with van der Waals surface area (Å²) >= 11 is 5.68. The summed E-state index contributed by atoms with van der Waals surface area (Å²) in [5.74, 6) is 0.475. The molecule has 0 aliphatic carbocycles. The average Bonchev–Trinajstić information content (AvgIpc) is 2.24. The van der Waals surface area contributed by atoms with Crippen molar-refractivity contribution in [3.8, 4) is 0 Å². The summed E-state index contributed by atoms with van der Waals surface area (Å²) < 4.78 is 4.94. The van der Waals surface area contributed by atoms with E-state index in [0.717, 1.165) is 12.8 Å². The Labute approximate surface area is 97.5 Å². The van der Waals surface area contributed by atoms with Crippen molar-refractivity contribution >= 4 is 17.5 Å². The third-order valence-electron chi connectivity index (χ3n) is 2.18. The Kier molecular flexibility index (Phi) is 10.1. The van der Waals surface area contributed by atoms with E-state index in [1.807, 2.05) is 0 Å². The number of halogens is 1. The topological polar surface area (TPSA) is 38.3 Å². The predicted octanol–water partition coefficient (Wildman–Crippen LogP) is 2.33. The molecule has 1 unspecified atom stereocenters. The second-order valence-corrected chi connectivity index (χ2v) is 3.99. The molecule has 0 heterocycles. The summed E-state index contributed by atoms with van der Waals surface area (Å²) in [6, 6.07) is -0.0599. The van der Waals surface area contributed by atoms with Crippen molar-refractivity contribution in [2.75, 3.05) is 19.6 Å². The number of carbonyl (C=O) groups is 1. The highest BCUT2D eigenvalue weighted by Gasteiger charge is 2.10. The number of alkyl halides is 1. The lowest BCUT2D eigenvalue weighted by Gasteiger charge is -2.14. The summed E-state index contributed by atoms with van der Waals surface area (Å²) in [7, 11) is 1.60. The molecular formula is C11H22ClNO2. The summed E-state index contributed by atoms with van der Waals surface area (Å²) in [6.45, 7) is 2.63. The highest BCUT2D eigenvalue weighted by atomic mass is 35.5. The molecular weight excluding hydrogens is 214 g/mol. The SMILES string of the molecule is CCCCCCC(=O)NC(CCl)COC. The smallest absolute Gasteiger partial charge is 0.220 e. The summed E-state index contributed by atoms with van der Waals surface area (Å²) in [6.07, 6.45) is 5.07. The van der Waals surface area contributed by atoms with E-state index >= 15 is 0 Å². The van der Waals surface area contributed by atoms with E-state index in [0.29, 0.717) is 18.9 Å². The van der Waals surface area contributed by atoms with Crippen molar-refractivity contribution in [1.29, 1.82) is 0 Å². The number of carbonyl (C=O) groups excluding carboxylic acids is 1. The zero-order chi connectivity index (χ0) is 11.5. The molecule has 0 saturated carbocycles. The van der Waals surface area contributed by atoms with Crippen molar-refractivity contribution in [2.45, 2.75) is 45.1 Å². The van der Waals surface area contributed by atoms with Crippen LogP contribution in [0.5, 0.6) is 0 Å². The Hall–Kier alpha value is -0.280. The molecule has 0 radical (unpaired) electrons. The molecule has 1 amide bonds. The lowest BCUT2D eigenvalue weighted by Crippen LogP contribution is -2.39. The summed E-state index contributed by atoms with van der Waals surface area (Å²) in [5.41, 5.74) is 0. The fourth-order valence-corrected chi connectivity index (χ4v) is 1.50. The maximum absolute atomic E-state index is 11.4. The van der Waals surface area contributed by atoms with Gasteiger partial charge in [0.2, 0.25) is 5.91 Å². The van der Waals surface area contributed by atoms with Crippen LogP contribution in [-0.2, 0) is 9.53 Å². The van der Waals surface area contributed by atoms with Gasteiger partial charge < -0.3 is 10.1 Å². The number of unbranched alkanes of at least 4 members (excludes halogenated alkanes) is 3. The Balaban J connectivity index is 3.52. The van der Waals surface area contributed by atoms with Gasteiger partial charge in [-0.05, 0) is 6.42 Å². The van der Waals surface area contributed by atoms with Crippen molar-refractivity contribution in [1.82, 2.24) is 5.32 Å². The Morgan fingerprint density at radius 2 is 2.13 bits per heavy atom. The molecule has 0 bridgehead atoms. The number of nitrogens with one attached hydrogen (secondary N) is 1. The quantitative estimate of drug-likeness (QED) is 0.492. The molecule has 1 atom stereocenters. The average molecular weight is 236 g/mol. The van der Waals surface area contributed by atoms with E-state index in [-0.39, 0.29) is 11.9 Å². The minimum Gasteiger partial charge on any atom is -0.383 e. The zero-order valence-corrected chi connectivity index (χ0v) is 10.5. The molecule has 4 heteroatoms. The van der Waals surface area contributed by atoms with Gasteiger partial charge in [0, 0.05) is 19.4 Å². The van der Waals surface area contributed by atoms with Crippen molar-refractivity contribution in [3.05, 3.63) is 0 Å². The van der Waals surface area contributed by atoms with Crippen molar-refractivity contribution < 1.29 is 9.53 Å². The summed E-state index contributed by atoms with van der Waals surface area (Å²) in [4.78, 5) is 11.4. The Bertz CT molecular complexity index is 165. The number of amides is 1. The van der Waals surface area contributed by atoms with Crippen LogP contribution >= 0.6 is 11.6 Å². The molecule has 3 nitrogen and oxygen atoms in total. The minimum atomic E-state index is -0.0599. The van der Waals surface area contributed by atoms with Crippen LogP contribution in [0.4, 0.5) is 0 Å². The van der Waals surface area contributed by atoms with Crippen LogP contribution in [0.2, 0.25) is 0 Å². The Morgan fingerprint density at radius 1 is 1.40 bits per heavy atom. The van der Waals surface area contributed by atoms with Crippen LogP contribution < -0.4 is 5.32 Å². The van der Waals surface area contributed by atoms with Gasteiger partial charge in [0.25, 0.3) is 0 Å². The fourth-order valence-electron chi connectivity index (χ4n) is 1.34. The van der Waals surface area contributed by atoms with E-state index in [1.54, 1.807) is 7.11 Å². The van der Waals surface area contributed by atoms with E-state index in [4.69, 9.17) is 16.3 Å². The first-order valence-corrected chi connectivity index (χ1v) is 6.12. The van der Waals surface area contributed by atoms with Crippen LogP contribution in [0.3, 0.4) is 0 Å². The first kappa shape index (κ1) is 14.7. The van der Waals surface area contributed by atoms with Crippen LogP contribution in [0.1, 0.15) is 39.0 Å². The van der Waals surface area contributed by atoms with Gasteiger partial charge in [-0.25, -0.2) is 0 Å². The number of rotatable bonds is 9. The highest BCUT2D eigenvalue weighted by Crippen LogP contribution is 2.02. The molecule has 1 N–H and O–H groups in total. The van der Waals surface area contributed by atoms with Gasteiger partial charge in [0.05, 0.1) is 12.6 Å². The summed E-state index contributed by atoms with van der Waals surface area (Å²) in [5, 5.41) is 2.85. The molecule has 0 spiro atoms. The molecule has 0 aromatic carbocycles. The molecule has 0 rings (SSSR count). The van der Waals surface area contributed by atoms with E-state index in [1.165, 1.54) is 12.8 Å². The number of hydrogen-bond donors (Lipinski definition) is 1. The van der Waals surface area contributed by atoms with Crippen molar-refractivity contribution in [3.63, 3.8) is 0 Å². The third-order valence-corrected chi connectivity index (χ3v) is 2.55. The lowest BCUT2D eigenvalue weighted by atomic mass is 10.1. The van der Waals surface area contributed by atoms with Crippen molar-refractivity contribution in [2.24, 2.45) is 0 Å². The van der Waals surface area contributed by atoms with Gasteiger partial charge in [0.15, 0.2) is 0 Å². The highest BCUT2D eigenvalue weighted by molar-refractivity contribution is 6.18. The van der Waals surface area contributed by atoms with Gasteiger partial charge >= 0.3 is 0 Å². The minimum absolute atomic E-state index is 0.0599. The first-order chi connectivity index (χ1) is 7.24. The second kappa shape index (κ2) is 10.2. The predicted molar refractivity (Wildman–Crippen MR) is 63.3 cm³/mol. The lowest BCUT2D eigenvalue weighted by molar-refractivity contribution is -0.122. The molecule has 0 aliphatic heterocycles.